The number of carbonyl (C=O) groups excluding carboxylic acids is 1. The molecule has 0 aliphatic carbocycles. The number of benzene rings is 1. The zero-order valence-electron chi connectivity index (χ0n) is 10.4. The highest BCUT2D eigenvalue weighted by atomic mass is 79.9. The zero-order chi connectivity index (χ0) is 14.0. The van der Waals surface area contributed by atoms with Gasteiger partial charge in [-0.05, 0) is 35.0 Å². The van der Waals surface area contributed by atoms with Crippen molar-refractivity contribution in [2.75, 3.05) is 5.32 Å². The standard InChI is InChI=1S/C13H11BrN4O/c1-8-11(14)12(17-18(8)2)13(19)16-10-6-4-3-5-9(10)7-15/h3-6H,1-2H3,(H,16,19). The Hall–Kier alpha value is -2.13. The van der Waals surface area contributed by atoms with Gasteiger partial charge in [-0.15, -0.1) is 0 Å². The van der Waals surface area contributed by atoms with Crippen LogP contribution in [0.2, 0.25) is 0 Å². The van der Waals surface area contributed by atoms with Crippen LogP contribution in [0.15, 0.2) is 28.7 Å². The van der Waals surface area contributed by atoms with Gasteiger partial charge in [-0.25, -0.2) is 0 Å². The molecule has 96 valence electrons. The Labute approximate surface area is 119 Å². The van der Waals surface area contributed by atoms with Crippen LogP contribution in [0.5, 0.6) is 0 Å². The quantitative estimate of drug-likeness (QED) is 0.925. The molecular formula is C13H11BrN4O. The van der Waals surface area contributed by atoms with E-state index in [2.05, 4.69) is 26.3 Å². The van der Waals surface area contributed by atoms with Gasteiger partial charge in [0, 0.05) is 7.05 Å². The third-order valence-corrected chi connectivity index (χ3v) is 3.72. The zero-order valence-corrected chi connectivity index (χ0v) is 12.0. The van der Waals surface area contributed by atoms with E-state index < -0.39 is 0 Å². The van der Waals surface area contributed by atoms with Gasteiger partial charge in [0.1, 0.15) is 6.07 Å². The number of hydrogen-bond donors (Lipinski definition) is 1. The minimum atomic E-state index is -0.349. The van der Waals surface area contributed by atoms with Crippen molar-refractivity contribution in [2.45, 2.75) is 6.92 Å². The minimum absolute atomic E-state index is 0.299. The first-order valence-electron chi connectivity index (χ1n) is 5.54. The minimum Gasteiger partial charge on any atom is -0.319 e. The first kappa shape index (κ1) is 13.3. The lowest BCUT2D eigenvalue weighted by Crippen LogP contribution is -2.14. The smallest absolute Gasteiger partial charge is 0.277 e. The second-order valence-corrected chi connectivity index (χ2v) is 4.78. The average molecular weight is 319 g/mol. The first-order chi connectivity index (χ1) is 9.04. The molecule has 0 aliphatic heterocycles. The molecule has 0 spiro atoms. The summed E-state index contributed by atoms with van der Waals surface area (Å²) >= 11 is 3.34. The molecule has 0 saturated carbocycles. The van der Waals surface area contributed by atoms with Gasteiger partial charge in [0.05, 0.1) is 21.4 Å². The summed E-state index contributed by atoms with van der Waals surface area (Å²) in [5.74, 6) is -0.349. The second-order valence-electron chi connectivity index (χ2n) is 3.98. The van der Waals surface area contributed by atoms with Crippen LogP contribution in [0.25, 0.3) is 0 Å². The van der Waals surface area contributed by atoms with Crippen molar-refractivity contribution in [3.05, 3.63) is 45.7 Å². The molecule has 1 heterocycles. The average Bonchev–Trinajstić information content (AvgIpc) is 2.67. The van der Waals surface area contributed by atoms with Crippen molar-refractivity contribution < 1.29 is 4.79 Å². The van der Waals surface area contributed by atoms with E-state index in [0.717, 1.165) is 5.69 Å². The number of halogens is 1. The van der Waals surface area contributed by atoms with Gasteiger partial charge in [-0.1, -0.05) is 12.1 Å². The fourth-order valence-corrected chi connectivity index (χ4v) is 2.11. The number of nitrogens with zero attached hydrogens (tertiary/aromatic N) is 3. The fraction of sp³-hybridized carbons (Fsp3) is 0.154. The first-order valence-corrected chi connectivity index (χ1v) is 6.33. The summed E-state index contributed by atoms with van der Waals surface area (Å²) in [5.41, 5.74) is 2.05. The van der Waals surface area contributed by atoms with Crippen LogP contribution in [0.1, 0.15) is 21.7 Å². The van der Waals surface area contributed by atoms with E-state index in [-0.39, 0.29) is 5.91 Å². The third kappa shape index (κ3) is 2.51. The van der Waals surface area contributed by atoms with Gasteiger partial charge >= 0.3 is 0 Å². The topological polar surface area (TPSA) is 70.7 Å². The predicted molar refractivity (Wildman–Crippen MR) is 74.8 cm³/mol. The van der Waals surface area contributed by atoms with Gasteiger partial charge in [-0.2, -0.15) is 10.4 Å². The summed E-state index contributed by atoms with van der Waals surface area (Å²) in [6.07, 6.45) is 0. The highest BCUT2D eigenvalue weighted by Gasteiger charge is 2.18. The molecular weight excluding hydrogens is 308 g/mol. The van der Waals surface area contributed by atoms with E-state index in [1.807, 2.05) is 13.0 Å². The number of anilines is 1. The van der Waals surface area contributed by atoms with E-state index >= 15 is 0 Å². The molecule has 2 aromatic rings. The van der Waals surface area contributed by atoms with Crippen LogP contribution in [-0.2, 0) is 7.05 Å². The largest absolute Gasteiger partial charge is 0.319 e. The number of para-hydroxylation sites is 1. The number of rotatable bonds is 2. The summed E-state index contributed by atoms with van der Waals surface area (Å²) in [6, 6.07) is 8.86. The van der Waals surface area contributed by atoms with Gasteiger partial charge in [-0.3, -0.25) is 9.48 Å². The Morgan fingerprint density at radius 1 is 1.47 bits per heavy atom. The van der Waals surface area contributed by atoms with E-state index in [0.29, 0.717) is 21.4 Å². The molecule has 2 rings (SSSR count). The van der Waals surface area contributed by atoms with E-state index in [9.17, 15) is 4.79 Å². The molecule has 0 fully saturated rings. The number of aromatic nitrogens is 2. The summed E-state index contributed by atoms with van der Waals surface area (Å²) in [4.78, 5) is 12.1. The van der Waals surface area contributed by atoms with E-state index in [1.165, 1.54) is 0 Å². The summed E-state index contributed by atoms with van der Waals surface area (Å²) < 4.78 is 2.27. The van der Waals surface area contributed by atoms with Crippen molar-refractivity contribution in [3.63, 3.8) is 0 Å². The number of hydrogen-bond acceptors (Lipinski definition) is 3. The van der Waals surface area contributed by atoms with Gasteiger partial charge in [0.25, 0.3) is 5.91 Å². The Bertz CT molecular complexity index is 684. The molecule has 0 bridgehead atoms. The lowest BCUT2D eigenvalue weighted by molar-refractivity contribution is 0.102. The van der Waals surface area contributed by atoms with Crippen molar-refractivity contribution in [2.24, 2.45) is 7.05 Å². The SMILES string of the molecule is Cc1c(Br)c(C(=O)Nc2ccccc2C#N)nn1C. The van der Waals surface area contributed by atoms with Gasteiger partial charge in [0.15, 0.2) is 5.69 Å². The van der Waals surface area contributed by atoms with Gasteiger partial charge in [0.2, 0.25) is 0 Å². The highest BCUT2D eigenvalue weighted by Crippen LogP contribution is 2.22. The maximum Gasteiger partial charge on any atom is 0.277 e. The van der Waals surface area contributed by atoms with E-state index in [1.54, 1.807) is 36.0 Å². The lowest BCUT2D eigenvalue weighted by Gasteiger charge is -2.05. The third-order valence-electron chi connectivity index (χ3n) is 2.77. The van der Waals surface area contributed by atoms with E-state index in [4.69, 9.17) is 5.26 Å². The molecule has 0 radical (unpaired) electrons. The van der Waals surface area contributed by atoms with Crippen LogP contribution >= 0.6 is 15.9 Å². The molecule has 6 heteroatoms. The highest BCUT2D eigenvalue weighted by molar-refractivity contribution is 9.10. The number of carbonyl (C=O) groups is 1. The summed E-state index contributed by atoms with van der Waals surface area (Å²) in [5, 5.41) is 15.8. The molecule has 1 N–H and O–H groups in total. The van der Waals surface area contributed by atoms with Crippen LogP contribution in [0.4, 0.5) is 5.69 Å². The molecule has 19 heavy (non-hydrogen) atoms. The predicted octanol–water partition coefficient (Wildman–Crippen LogP) is 2.62. The molecule has 5 nitrogen and oxygen atoms in total. The molecule has 0 saturated heterocycles. The Kier molecular flexibility index (Phi) is 3.67. The second kappa shape index (κ2) is 5.24. The van der Waals surface area contributed by atoms with Crippen molar-refractivity contribution in [1.82, 2.24) is 9.78 Å². The number of aryl methyl sites for hydroxylation is 1. The monoisotopic (exact) mass is 318 g/mol. The maximum atomic E-state index is 12.1. The molecule has 1 amide bonds. The number of amides is 1. The fourth-order valence-electron chi connectivity index (χ4n) is 1.60. The Morgan fingerprint density at radius 3 is 2.74 bits per heavy atom. The van der Waals surface area contributed by atoms with Crippen LogP contribution < -0.4 is 5.32 Å². The van der Waals surface area contributed by atoms with Crippen molar-refractivity contribution in [1.29, 1.82) is 5.26 Å². The van der Waals surface area contributed by atoms with Crippen molar-refractivity contribution >= 4 is 27.5 Å². The number of nitriles is 1. The van der Waals surface area contributed by atoms with Crippen LogP contribution in [0, 0.1) is 18.3 Å². The lowest BCUT2D eigenvalue weighted by atomic mass is 10.2. The van der Waals surface area contributed by atoms with Gasteiger partial charge < -0.3 is 5.32 Å². The number of nitrogens with one attached hydrogen (secondary N) is 1. The van der Waals surface area contributed by atoms with Crippen LogP contribution in [-0.4, -0.2) is 15.7 Å². The summed E-state index contributed by atoms with van der Waals surface area (Å²) in [6.45, 7) is 1.86. The molecule has 0 unspecified atom stereocenters. The molecule has 0 atom stereocenters. The Morgan fingerprint density at radius 2 is 2.16 bits per heavy atom. The van der Waals surface area contributed by atoms with Crippen LogP contribution in [0.3, 0.4) is 0 Å². The molecule has 1 aromatic heterocycles. The summed E-state index contributed by atoms with van der Waals surface area (Å²) in [7, 11) is 1.76. The Balaban J connectivity index is 2.31. The molecule has 0 aliphatic rings. The molecule has 1 aromatic carbocycles. The van der Waals surface area contributed by atoms with Crippen molar-refractivity contribution in [3.8, 4) is 6.07 Å². The maximum absolute atomic E-state index is 12.1. The normalized spacial score (nSPS) is 10.0.